The first kappa shape index (κ1) is 8.23. The third-order valence-electron chi connectivity index (χ3n) is 1.27. The number of aliphatic hydroxyl groups is 1. The van der Waals surface area contributed by atoms with Crippen molar-refractivity contribution in [1.82, 2.24) is 5.32 Å². The number of nitrogens with one attached hydrogen (secondary N) is 1. The molecule has 1 amide bonds. The topological polar surface area (TPSA) is 49.3 Å². The van der Waals surface area contributed by atoms with E-state index in [1.807, 2.05) is 17.5 Å². The molecule has 0 aliphatic carbocycles. The maximum Gasteiger partial charge on any atom is 0.207 e. The Hall–Kier alpha value is -0.870. The van der Waals surface area contributed by atoms with Gasteiger partial charge in [-0.1, -0.05) is 6.07 Å². The summed E-state index contributed by atoms with van der Waals surface area (Å²) < 4.78 is 0. The summed E-state index contributed by atoms with van der Waals surface area (Å²) >= 11 is 1.48. The van der Waals surface area contributed by atoms with Gasteiger partial charge in [0.1, 0.15) is 6.10 Å². The van der Waals surface area contributed by atoms with E-state index >= 15 is 0 Å². The molecule has 3 nitrogen and oxygen atoms in total. The van der Waals surface area contributed by atoms with Crippen LogP contribution in [-0.2, 0) is 4.79 Å². The lowest BCUT2D eigenvalue weighted by Gasteiger charge is -2.05. The highest BCUT2D eigenvalue weighted by Gasteiger charge is 2.05. The highest BCUT2D eigenvalue weighted by atomic mass is 32.1. The molecule has 0 saturated carbocycles. The van der Waals surface area contributed by atoms with Crippen molar-refractivity contribution in [2.45, 2.75) is 6.10 Å². The van der Waals surface area contributed by atoms with Crippen LogP contribution in [-0.4, -0.2) is 18.1 Å². The SMILES string of the molecule is O=CNCC(O)c1cccs1. The molecular weight excluding hydrogens is 162 g/mol. The number of rotatable bonds is 4. The predicted molar refractivity (Wildman–Crippen MR) is 43.3 cm³/mol. The van der Waals surface area contributed by atoms with Crippen LogP contribution >= 0.6 is 11.3 Å². The summed E-state index contributed by atoms with van der Waals surface area (Å²) in [4.78, 5) is 10.7. The van der Waals surface area contributed by atoms with Gasteiger partial charge in [0.15, 0.2) is 0 Å². The number of hydrogen-bond acceptors (Lipinski definition) is 3. The van der Waals surface area contributed by atoms with Crippen molar-refractivity contribution in [3.63, 3.8) is 0 Å². The van der Waals surface area contributed by atoms with Gasteiger partial charge in [0.05, 0.1) is 0 Å². The van der Waals surface area contributed by atoms with Crippen LogP contribution in [0.15, 0.2) is 17.5 Å². The van der Waals surface area contributed by atoms with Crippen molar-refractivity contribution in [3.8, 4) is 0 Å². The molecule has 0 spiro atoms. The van der Waals surface area contributed by atoms with Crippen molar-refractivity contribution in [3.05, 3.63) is 22.4 Å². The minimum atomic E-state index is -0.569. The highest BCUT2D eigenvalue weighted by molar-refractivity contribution is 7.10. The summed E-state index contributed by atoms with van der Waals surface area (Å²) in [6.07, 6.45) is 0.0109. The number of carbonyl (C=O) groups excluding carboxylic acids is 1. The molecule has 1 aromatic rings. The van der Waals surface area contributed by atoms with Gasteiger partial charge in [-0.3, -0.25) is 4.79 Å². The molecule has 1 rings (SSSR count). The maximum atomic E-state index is 9.86. The molecule has 0 aliphatic rings. The van der Waals surface area contributed by atoms with E-state index in [1.165, 1.54) is 11.3 Å². The van der Waals surface area contributed by atoms with Crippen LogP contribution in [0.4, 0.5) is 0 Å². The smallest absolute Gasteiger partial charge is 0.207 e. The van der Waals surface area contributed by atoms with Crippen molar-refractivity contribution in [2.24, 2.45) is 0 Å². The molecule has 4 heteroatoms. The minimum absolute atomic E-state index is 0.282. The quantitative estimate of drug-likeness (QED) is 0.649. The Balaban J connectivity index is 2.42. The van der Waals surface area contributed by atoms with Crippen molar-refractivity contribution in [2.75, 3.05) is 6.54 Å². The van der Waals surface area contributed by atoms with Crippen LogP contribution in [0.5, 0.6) is 0 Å². The first-order valence-electron chi connectivity index (χ1n) is 3.23. The summed E-state index contributed by atoms with van der Waals surface area (Å²) in [7, 11) is 0. The van der Waals surface area contributed by atoms with E-state index in [4.69, 9.17) is 0 Å². The van der Waals surface area contributed by atoms with Crippen molar-refractivity contribution >= 4 is 17.7 Å². The minimum Gasteiger partial charge on any atom is -0.386 e. The zero-order chi connectivity index (χ0) is 8.10. The largest absolute Gasteiger partial charge is 0.386 e. The van der Waals surface area contributed by atoms with E-state index in [2.05, 4.69) is 5.32 Å². The molecule has 0 radical (unpaired) electrons. The van der Waals surface area contributed by atoms with E-state index in [0.717, 1.165) is 4.88 Å². The summed E-state index contributed by atoms with van der Waals surface area (Å²) in [5.41, 5.74) is 0. The zero-order valence-corrected chi connectivity index (χ0v) is 6.67. The third-order valence-corrected chi connectivity index (χ3v) is 2.24. The molecule has 1 heterocycles. The summed E-state index contributed by atoms with van der Waals surface area (Å²) in [6.45, 7) is 0.282. The van der Waals surface area contributed by atoms with Crippen molar-refractivity contribution < 1.29 is 9.90 Å². The number of amides is 1. The lowest BCUT2D eigenvalue weighted by molar-refractivity contribution is -0.109. The second kappa shape index (κ2) is 4.10. The Kier molecular flexibility index (Phi) is 3.07. The van der Waals surface area contributed by atoms with Gasteiger partial charge in [-0.25, -0.2) is 0 Å². The molecular formula is C7H9NO2S. The Morgan fingerprint density at radius 3 is 3.18 bits per heavy atom. The number of hydrogen-bond donors (Lipinski definition) is 2. The first-order valence-corrected chi connectivity index (χ1v) is 4.11. The molecule has 0 saturated heterocycles. The van der Waals surface area contributed by atoms with E-state index in [-0.39, 0.29) is 6.54 Å². The van der Waals surface area contributed by atoms with Crippen LogP contribution in [0.25, 0.3) is 0 Å². The Labute approximate surface area is 68.7 Å². The van der Waals surface area contributed by atoms with Crippen molar-refractivity contribution in [1.29, 1.82) is 0 Å². The van der Waals surface area contributed by atoms with Crippen LogP contribution in [0, 0.1) is 0 Å². The third kappa shape index (κ3) is 2.32. The van der Waals surface area contributed by atoms with Gasteiger partial charge < -0.3 is 10.4 Å². The van der Waals surface area contributed by atoms with Crippen LogP contribution in [0.1, 0.15) is 11.0 Å². The monoisotopic (exact) mass is 171 g/mol. The van der Waals surface area contributed by atoms with E-state index in [0.29, 0.717) is 6.41 Å². The molecule has 0 fully saturated rings. The van der Waals surface area contributed by atoms with Gasteiger partial charge in [-0.15, -0.1) is 11.3 Å². The summed E-state index contributed by atoms with van der Waals surface area (Å²) in [5, 5.41) is 13.6. The van der Waals surface area contributed by atoms with E-state index in [9.17, 15) is 9.90 Å². The lowest BCUT2D eigenvalue weighted by atomic mass is 10.3. The Morgan fingerprint density at radius 2 is 2.64 bits per heavy atom. The average Bonchev–Trinajstić information content (AvgIpc) is 2.52. The second-order valence-corrected chi connectivity index (χ2v) is 3.04. The molecule has 0 aliphatic heterocycles. The van der Waals surface area contributed by atoms with Gasteiger partial charge in [-0.2, -0.15) is 0 Å². The molecule has 1 aromatic heterocycles. The normalized spacial score (nSPS) is 12.5. The average molecular weight is 171 g/mol. The molecule has 1 unspecified atom stereocenters. The van der Waals surface area contributed by atoms with Gasteiger partial charge in [-0.05, 0) is 11.4 Å². The molecule has 0 aromatic carbocycles. The second-order valence-electron chi connectivity index (χ2n) is 2.06. The Bertz CT molecular complexity index is 210. The van der Waals surface area contributed by atoms with Gasteiger partial charge in [0.2, 0.25) is 6.41 Å². The fourth-order valence-electron chi connectivity index (χ4n) is 0.741. The summed E-state index contributed by atoms with van der Waals surface area (Å²) in [5.74, 6) is 0. The highest BCUT2D eigenvalue weighted by Crippen LogP contribution is 2.17. The fraction of sp³-hybridized carbons (Fsp3) is 0.286. The van der Waals surface area contributed by atoms with Gasteiger partial charge in [0.25, 0.3) is 0 Å². The predicted octanol–water partition coefficient (Wildman–Crippen LogP) is 0.527. The lowest BCUT2D eigenvalue weighted by Crippen LogP contribution is -2.18. The fourth-order valence-corrected chi connectivity index (χ4v) is 1.45. The van der Waals surface area contributed by atoms with E-state index in [1.54, 1.807) is 0 Å². The maximum absolute atomic E-state index is 9.86. The van der Waals surface area contributed by atoms with Gasteiger partial charge in [0, 0.05) is 11.4 Å². The molecule has 0 bridgehead atoms. The summed E-state index contributed by atoms with van der Waals surface area (Å²) in [6, 6.07) is 3.70. The standard InChI is InChI=1S/C7H9NO2S/c9-5-8-4-6(10)7-2-1-3-11-7/h1-3,5-6,10H,4H2,(H,8,9). The number of carbonyl (C=O) groups is 1. The molecule has 60 valence electrons. The number of aliphatic hydroxyl groups excluding tert-OH is 1. The van der Waals surface area contributed by atoms with Crippen LogP contribution in [0.3, 0.4) is 0 Å². The zero-order valence-electron chi connectivity index (χ0n) is 5.86. The van der Waals surface area contributed by atoms with E-state index < -0.39 is 6.10 Å². The molecule has 1 atom stereocenters. The molecule has 2 N–H and O–H groups in total. The number of thiophene rings is 1. The first-order chi connectivity index (χ1) is 5.34. The van der Waals surface area contributed by atoms with Crippen LogP contribution in [0.2, 0.25) is 0 Å². The van der Waals surface area contributed by atoms with Crippen LogP contribution < -0.4 is 5.32 Å². The molecule has 11 heavy (non-hydrogen) atoms. The Morgan fingerprint density at radius 1 is 1.82 bits per heavy atom. The van der Waals surface area contributed by atoms with Gasteiger partial charge >= 0.3 is 0 Å².